The number of imidazole rings is 4. The lowest BCUT2D eigenvalue weighted by molar-refractivity contribution is 0.101. The first-order chi connectivity index (χ1) is 67.3. The molecule has 4 aromatic carbocycles. The number of hydrogen-bond donors (Lipinski definition) is 11. The van der Waals surface area contributed by atoms with Gasteiger partial charge in [0.1, 0.15) is 69.6 Å². The first kappa shape index (κ1) is 99.6. The molecule has 700 valence electrons. The van der Waals surface area contributed by atoms with Crippen LogP contribution in [0.2, 0.25) is 56.4 Å². The molecule has 0 atom stereocenters. The van der Waals surface area contributed by atoms with Crippen LogP contribution in [0.3, 0.4) is 0 Å². The van der Waals surface area contributed by atoms with E-state index in [4.69, 9.17) is 128 Å². The molecule has 0 aliphatic heterocycles. The van der Waals surface area contributed by atoms with Crippen molar-refractivity contribution < 1.29 is 46.7 Å². The van der Waals surface area contributed by atoms with E-state index in [1.54, 1.807) is 115 Å². The van der Waals surface area contributed by atoms with E-state index in [2.05, 4.69) is 147 Å². The molecule has 0 saturated carbocycles. The minimum absolute atomic E-state index is 0.102. The molecule has 0 aliphatic rings. The van der Waals surface area contributed by atoms with Gasteiger partial charge in [-0.25, -0.2) is 103 Å². The molecule has 17 aromatic heterocycles. The van der Waals surface area contributed by atoms with E-state index >= 15 is 0 Å². The first-order valence-corrected chi connectivity index (χ1v) is 45.7. The number of rotatable bonds is 14. The van der Waals surface area contributed by atoms with Gasteiger partial charge in [0.15, 0.2) is 55.6 Å². The fourth-order valence-corrected chi connectivity index (χ4v) is 15.4. The van der Waals surface area contributed by atoms with Crippen molar-refractivity contribution in [2.24, 2.45) is 0 Å². The van der Waals surface area contributed by atoms with Gasteiger partial charge in [0.25, 0.3) is 41.4 Å². The standard InChI is InChI=1S/C13H7Cl3N4O.C13H6ClF2N3OS.C13H7ClFN3OS.C13H8ClN3OS.2C12H7Cl2N5O.C11H7ClN6O/c14-7-2-3-8-11(10(7)16)20-12(19-8)13(21)18-6-1-4-9(15)17-5-6;14-11-2-1-6(5-17-11)18-12(20)13-19-9-3-7(15)8(16)4-10(9)21-13;14-11-4-2-8(6-16-11)17-12(19)13-18-9-5-7(15)1-3-10(9)20-13;14-11-6-5-8(7-15-11)16-12(18)13-17-9-3-1-2-4-10(9)19-13;2*13-9-2-1-6(4-15-9)17-12(20)11-18-7-3-10(14)16-5-8(7)19-11;12-8-2-1-6(3-14-8)16-11(19)10-17-7-4-13-5-15-9(7)18-10/h1-5H,(H,18,21)(H,19,20);1-5H,(H,18,20);1-6H,(H,17,19);1-7H,(H,16,18);2*1-5H,(H,17,20)(H,18,19);1-5H,(H,16,19)(H,13,15,17,18). The van der Waals surface area contributed by atoms with Gasteiger partial charge in [0, 0.05) is 24.3 Å². The normalized spacial score (nSPS) is 10.7. The molecule has 17 heterocycles. The molecule has 0 spiro atoms. The third-order valence-electron chi connectivity index (χ3n) is 17.8. The predicted molar refractivity (Wildman–Crippen MR) is 535 cm³/mol. The number of fused-ring (bicyclic) bond motifs is 7. The maximum Gasteiger partial charge on any atom is 0.291 e. The third-order valence-corrected chi connectivity index (χ3v) is 23.6. The molecule has 7 amide bonds. The Morgan fingerprint density at radius 2 is 0.614 bits per heavy atom. The van der Waals surface area contributed by atoms with E-state index in [-0.39, 0.29) is 74.2 Å². The molecular weight excluding hydrogens is 2110 g/mol. The van der Waals surface area contributed by atoms with Crippen molar-refractivity contribution in [1.82, 2.24) is 110 Å². The summed E-state index contributed by atoms with van der Waals surface area (Å²) in [4.78, 5) is 167. The number of carbonyl (C=O) groups is 7. The average Bonchev–Trinajstić information content (AvgIpc) is 1.65. The second kappa shape index (κ2) is 46.1. The van der Waals surface area contributed by atoms with Crippen LogP contribution in [-0.4, -0.2) is 151 Å². The van der Waals surface area contributed by atoms with E-state index in [1.165, 1.54) is 103 Å². The zero-order valence-electron chi connectivity index (χ0n) is 69.4. The fraction of sp³-hybridized carbons (Fsp3) is 0. The molecule has 0 bridgehead atoms. The summed E-state index contributed by atoms with van der Waals surface area (Å²) in [6.07, 6.45) is 16.1. The van der Waals surface area contributed by atoms with Gasteiger partial charge in [-0.15, -0.1) is 34.0 Å². The van der Waals surface area contributed by atoms with Gasteiger partial charge in [0.05, 0.1) is 170 Å². The SMILES string of the molecule is O=C(Nc1ccc(Cl)nc1)c1nc2c(Cl)c(Cl)ccc2[nH]1.O=C(Nc1ccc(Cl)nc1)c1nc2cc(Cl)ncc2[nH]1.O=C(Nc1ccc(Cl)nc1)c1nc2cc(Cl)ncc2[nH]1.O=C(Nc1ccc(Cl)nc1)c1nc2cc(F)c(F)cc2s1.O=C(Nc1ccc(Cl)nc1)c1nc2cc(F)ccc2s1.O=C(Nc1ccc(Cl)nc1)c1nc2ccccc2s1.O=C(Nc1ccc(Cl)nc1)c1nc2ncncc2[nH]1. The van der Waals surface area contributed by atoms with Gasteiger partial charge in [-0.2, -0.15) is 0 Å². The summed E-state index contributed by atoms with van der Waals surface area (Å²) < 4.78 is 41.5. The maximum absolute atomic E-state index is 13.1. The van der Waals surface area contributed by atoms with Crippen LogP contribution in [0.5, 0.6) is 0 Å². The Kier molecular flexibility index (Phi) is 32.8. The highest BCUT2D eigenvalue weighted by molar-refractivity contribution is 7.21. The Morgan fingerprint density at radius 3 is 1.01 bits per heavy atom. The molecule has 53 heteroatoms. The predicted octanol–water partition coefficient (Wildman–Crippen LogP) is 22.9. The number of halogens is 14. The smallest absolute Gasteiger partial charge is 0.291 e. The summed E-state index contributed by atoms with van der Waals surface area (Å²) in [6.45, 7) is 0. The number of carbonyl (C=O) groups excluding carboxylic acids is 7. The lowest BCUT2D eigenvalue weighted by Crippen LogP contribution is -2.13. The van der Waals surface area contributed by atoms with Gasteiger partial charge in [0.2, 0.25) is 0 Å². The molecule has 0 saturated heterocycles. The van der Waals surface area contributed by atoms with Gasteiger partial charge < -0.3 is 57.2 Å². The highest BCUT2D eigenvalue weighted by Gasteiger charge is 2.22. The van der Waals surface area contributed by atoms with Crippen LogP contribution in [0.15, 0.2) is 232 Å². The van der Waals surface area contributed by atoms with E-state index < -0.39 is 23.4 Å². The minimum atomic E-state index is -0.998. The van der Waals surface area contributed by atoms with Gasteiger partial charge >= 0.3 is 0 Å². The number of nitrogens with zero attached hydrogens (tertiary/aromatic N) is 18. The monoisotopic (exact) mass is 2150 g/mol. The molecule has 140 heavy (non-hydrogen) atoms. The van der Waals surface area contributed by atoms with E-state index in [1.807, 2.05) is 24.3 Å². The largest absolute Gasteiger partial charge is 0.334 e. The Morgan fingerprint density at radius 1 is 0.271 bits per heavy atom. The molecule has 36 nitrogen and oxygen atoms in total. The van der Waals surface area contributed by atoms with Gasteiger partial charge in [-0.3, -0.25) is 33.6 Å². The molecule has 21 rings (SSSR count). The van der Waals surface area contributed by atoms with Crippen LogP contribution in [0.4, 0.5) is 53.0 Å². The summed E-state index contributed by atoms with van der Waals surface area (Å²) in [5, 5.41) is 23.1. The van der Waals surface area contributed by atoms with Crippen molar-refractivity contribution in [3.63, 3.8) is 0 Å². The Balaban J connectivity index is 0.000000124. The summed E-state index contributed by atoms with van der Waals surface area (Å²) in [7, 11) is 0. The van der Waals surface area contributed by atoms with Crippen LogP contribution < -0.4 is 37.2 Å². The van der Waals surface area contributed by atoms with Gasteiger partial charge in [-0.1, -0.05) is 140 Å². The van der Waals surface area contributed by atoms with Crippen molar-refractivity contribution in [3.8, 4) is 0 Å². The Labute approximate surface area is 848 Å². The number of aromatic amines is 4. The second-order valence-corrected chi connectivity index (χ2v) is 34.9. The average molecular weight is 2160 g/mol. The van der Waals surface area contributed by atoms with Crippen molar-refractivity contribution in [3.05, 3.63) is 344 Å². The number of aromatic nitrogens is 22. The van der Waals surface area contributed by atoms with E-state index in [0.29, 0.717) is 156 Å². The third kappa shape index (κ3) is 26.9. The molecule has 11 N–H and O–H groups in total. The molecular formula is C87H49Cl11F3N29O7S3. The van der Waals surface area contributed by atoms with Crippen molar-refractivity contribution in [1.29, 1.82) is 0 Å². The summed E-state index contributed by atoms with van der Waals surface area (Å²) in [6, 6.07) is 42.9. The zero-order chi connectivity index (χ0) is 98.8. The lowest BCUT2D eigenvalue weighted by atomic mass is 10.3. The number of anilines is 7. The Hall–Kier alpha value is -14.9. The van der Waals surface area contributed by atoms with Gasteiger partial charge in [-0.05, 0) is 127 Å². The van der Waals surface area contributed by atoms with Crippen molar-refractivity contribution >= 4 is 318 Å². The number of thiazole rings is 3. The number of H-pyrrole nitrogens is 4. The van der Waals surface area contributed by atoms with E-state index in [9.17, 15) is 46.7 Å². The minimum Gasteiger partial charge on any atom is -0.334 e. The molecule has 0 fully saturated rings. The van der Waals surface area contributed by atoms with Crippen molar-refractivity contribution in [2.75, 3.05) is 37.2 Å². The number of benzene rings is 4. The van der Waals surface area contributed by atoms with Crippen LogP contribution in [-0.2, 0) is 0 Å². The first-order valence-electron chi connectivity index (χ1n) is 39.1. The topological polar surface area (TPSA) is 499 Å². The molecule has 0 unspecified atom stereocenters. The number of hydrogen-bond acceptors (Lipinski definition) is 28. The molecule has 21 aromatic rings. The zero-order valence-corrected chi connectivity index (χ0v) is 80.1. The number of amides is 7. The fourth-order valence-electron chi connectivity index (χ4n) is 11.4. The quantitative estimate of drug-likeness (QED) is 0.0450. The number of para-hydroxylation sites is 1. The summed E-state index contributed by atoms with van der Waals surface area (Å²) >= 11 is 66.7. The van der Waals surface area contributed by atoms with Crippen LogP contribution in [0.1, 0.15) is 71.9 Å². The van der Waals surface area contributed by atoms with Crippen LogP contribution >= 0.6 is 162 Å². The van der Waals surface area contributed by atoms with Crippen molar-refractivity contribution in [2.45, 2.75) is 0 Å². The van der Waals surface area contributed by atoms with Crippen LogP contribution in [0.25, 0.3) is 74.9 Å². The highest BCUT2D eigenvalue weighted by Crippen LogP contribution is 2.32. The van der Waals surface area contributed by atoms with Crippen LogP contribution in [0, 0.1) is 17.5 Å². The Bertz CT molecular complexity index is 7610. The lowest BCUT2D eigenvalue weighted by Gasteiger charge is -2.01. The summed E-state index contributed by atoms with van der Waals surface area (Å²) in [5.41, 5.74) is 9.70. The molecule has 0 aliphatic carbocycles. The molecule has 0 radical (unpaired) electrons. The van der Waals surface area contributed by atoms with E-state index in [0.717, 1.165) is 38.4 Å². The number of nitrogens with one attached hydrogen (secondary N) is 11. The summed E-state index contributed by atoms with van der Waals surface area (Å²) in [5.74, 6) is -4.40. The second-order valence-electron chi connectivity index (χ2n) is 27.5. The maximum atomic E-state index is 13.1. The highest BCUT2D eigenvalue weighted by atomic mass is 35.5. The number of pyridine rings is 9.